The number of ether oxygens (including phenoxy) is 1. The summed E-state index contributed by atoms with van der Waals surface area (Å²) in [6.45, 7) is 9.70. The quantitative estimate of drug-likeness (QED) is 0.306. The lowest BCUT2D eigenvalue weighted by Crippen LogP contribution is -2.39. The number of rotatable bonds is 11. The number of alkyl halides is 3. The number of nitrogens with zero attached hydrogens (tertiary/aromatic N) is 3. The van der Waals surface area contributed by atoms with Crippen molar-refractivity contribution in [2.45, 2.75) is 33.4 Å². The van der Waals surface area contributed by atoms with Crippen molar-refractivity contribution in [3.05, 3.63) is 18.0 Å². The van der Waals surface area contributed by atoms with Gasteiger partial charge in [-0.1, -0.05) is 13.8 Å². The zero-order valence-electron chi connectivity index (χ0n) is 16.1. The molecule has 0 radical (unpaired) electrons. The van der Waals surface area contributed by atoms with Crippen molar-refractivity contribution in [2.75, 3.05) is 44.7 Å². The molecule has 0 saturated heterocycles. The highest BCUT2D eigenvalue weighted by molar-refractivity contribution is 5.79. The summed E-state index contributed by atoms with van der Waals surface area (Å²) in [5, 5.41) is 8.97. The number of anilines is 1. The minimum atomic E-state index is -4.48. The van der Waals surface area contributed by atoms with Gasteiger partial charge in [0.25, 0.3) is 0 Å². The van der Waals surface area contributed by atoms with Gasteiger partial charge in [0.2, 0.25) is 5.95 Å². The van der Waals surface area contributed by atoms with Gasteiger partial charge in [0.1, 0.15) is 5.69 Å². The molecule has 10 heteroatoms. The third kappa shape index (κ3) is 10.6. The molecule has 0 amide bonds. The van der Waals surface area contributed by atoms with Crippen LogP contribution in [-0.4, -0.2) is 55.3 Å². The van der Waals surface area contributed by atoms with E-state index in [1.807, 2.05) is 6.92 Å². The lowest BCUT2D eigenvalue weighted by molar-refractivity contribution is -0.141. The molecular formula is C17H29F3N6O. The number of nitrogens with one attached hydrogen (secondary N) is 3. The van der Waals surface area contributed by atoms with Crippen LogP contribution in [0.5, 0.6) is 0 Å². The fraction of sp³-hybridized carbons (Fsp3) is 0.706. The van der Waals surface area contributed by atoms with Crippen molar-refractivity contribution >= 4 is 11.9 Å². The van der Waals surface area contributed by atoms with Crippen LogP contribution < -0.4 is 16.0 Å². The molecule has 154 valence electrons. The molecule has 0 saturated carbocycles. The Balaban J connectivity index is 2.33. The number of hydrogen-bond acceptors (Lipinski definition) is 5. The van der Waals surface area contributed by atoms with E-state index in [9.17, 15) is 13.2 Å². The van der Waals surface area contributed by atoms with Crippen LogP contribution in [0.15, 0.2) is 17.3 Å². The summed E-state index contributed by atoms with van der Waals surface area (Å²) in [6.07, 6.45) is -2.58. The molecule has 1 rings (SSSR count). The van der Waals surface area contributed by atoms with Crippen LogP contribution in [0.1, 0.15) is 32.9 Å². The smallest absolute Gasteiger partial charge is 0.381 e. The predicted octanol–water partition coefficient (Wildman–Crippen LogP) is 2.53. The van der Waals surface area contributed by atoms with Gasteiger partial charge in [-0.25, -0.2) is 9.97 Å². The van der Waals surface area contributed by atoms with E-state index in [2.05, 4.69) is 44.8 Å². The lowest BCUT2D eigenvalue weighted by Gasteiger charge is -2.12. The highest BCUT2D eigenvalue weighted by Crippen LogP contribution is 2.27. The fourth-order valence-electron chi connectivity index (χ4n) is 1.98. The number of aromatic nitrogens is 2. The Bertz CT molecular complexity index is 566. The van der Waals surface area contributed by atoms with Crippen molar-refractivity contribution in [2.24, 2.45) is 10.9 Å². The monoisotopic (exact) mass is 390 g/mol. The molecule has 0 atom stereocenters. The molecule has 0 unspecified atom stereocenters. The minimum Gasteiger partial charge on any atom is -0.381 e. The summed E-state index contributed by atoms with van der Waals surface area (Å²) < 4.78 is 43.4. The average molecular weight is 390 g/mol. The molecule has 27 heavy (non-hydrogen) atoms. The Hall–Kier alpha value is -2.10. The van der Waals surface area contributed by atoms with E-state index in [1.165, 1.54) is 0 Å². The van der Waals surface area contributed by atoms with Crippen molar-refractivity contribution < 1.29 is 17.9 Å². The maximum absolute atomic E-state index is 12.6. The van der Waals surface area contributed by atoms with Crippen molar-refractivity contribution in [3.63, 3.8) is 0 Å². The summed E-state index contributed by atoms with van der Waals surface area (Å²) in [4.78, 5) is 11.7. The first-order valence-electron chi connectivity index (χ1n) is 9.07. The van der Waals surface area contributed by atoms with Gasteiger partial charge in [-0.3, -0.25) is 4.99 Å². The molecule has 3 N–H and O–H groups in total. The van der Waals surface area contributed by atoms with Gasteiger partial charge in [-0.05, 0) is 25.3 Å². The van der Waals surface area contributed by atoms with Gasteiger partial charge in [-0.2, -0.15) is 13.2 Å². The fourth-order valence-corrected chi connectivity index (χ4v) is 1.98. The summed E-state index contributed by atoms with van der Waals surface area (Å²) in [5.74, 6) is 1.10. The second kappa shape index (κ2) is 12.3. The van der Waals surface area contributed by atoms with Gasteiger partial charge in [-0.15, -0.1) is 0 Å². The summed E-state index contributed by atoms with van der Waals surface area (Å²) in [7, 11) is 0. The van der Waals surface area contributed by atoms with E-state index in [4.69, 9.17) is 4.74 Å². The van der Waals surface area contributed by atoms with Crippen LogP contribution in [0.2, 0.25) is 0 Å². The van der Waals surface area contributed by atoms with E-state index >= 15 is 0 Å². The summed E-state index contributed by atoms with van der Waals surface area (Å²) in [6, 6.07) is 0.838. The second-order valence-corrected chi connectivity index (χ2v) is 6.20. The topological polar surface area (TPSA) is 83.5 Å². The lowest BCUT2D eigenvalue weighted by atomic mass is 10.2. The zero-order chi connectivity index (χ0) is 20.1. The van der Waals surface area contributed by atoms with Gasteiger partial charge >= 0.3 is 6.18 Å². The first-order chi connectivity index (χ1) is 12.8. The van der Waals surface area contributed by atoms with Gasteiger partial charge in [0, 0.05) is 45.6 Å². The third-order valence-electron chi connectivity index (χ3n) is 3.16. The standard InChI is InChI=1S/C17H29F3N6O/c1-4-21-15(22-7-5-11-27-12-13(2)3)24-9-10-25-16-23-8-6-14(26-16)17(18,19)20/h6,8,13H,4-5,7,9-12H2,1-3H3,(H2,21,22,24)(H,23,25,26). The van der Waals surface area contributed by atoms with Crippen LogP contribution >= 0.6 is 0 Å². The molecule has 0 aliphatic carbocycles. The van der Waals surface area contributed by atoms with Crippen LogP contribution in [-0.2, 0) is 10.9 Å². The summed E-state index contributed by atoms with van der Waals surface area (Å²) in [5.41, 5.74) is -0.970. The molecule has 0 fully saturated rings. The molecule has 0 bridgehead atoms. The molecular weight excluding hydrogens is 361 g/mol. The zero-order valence-corrected chi connectivity index (χ0v) is 16.1. The highest BCUT2D eigenvalue weighted by Gasteiger charge is 2.32. The van der Waals surface area contributed by atoms with Crippen LogP contribution in [0.4, 0.5) is 19.1 Å². The molecule has 1 aromatic rings. The average Bonchev–Trinajstić information content (AvgIpc) is 2.60. The first kappa shape index (κ1) is 22.9. The maximum atomic E-state index is 12.6. The highest BCUT2D eigenvalue weighted by atomic mass is 19.4. The van der Waals surface area contributed by atoms with Gasteiger partial charge in [0.15, 0.2) is 5.96 Å². The molecule has 1 aromatic heterocycles. The predicted molar refractivity (Wildman–Crippen MR) is 99.8 cm³/mol. The summed E-state index contributed by atoms with van der Waals surface area (Å²) >= 11 is 0. The molecule has 0 spiro atoms. The van der Waals surface area contributed by atoms with Gasteiger partial charge < -0.3 is 20.7 Å². The van der Waals surface area contributed by atoms with E-state index < -0.39 is 11.9 Å². The van der Waals surface area contributed by atoms with Crippen molar-refractivity contribution in [1.29, 1.82) is 0 Å². The largest absolute Gasteiger partial charge is 0.433 e. The Morgan fingerprint density at radius 1 is 1.26 bits per heavy atom. The van der Waals surface area contributed by atoms with Crippen LogP contribution in [0.25, 0.3) is 0 Å². The normalized spacial score (nSPS) is 12.3. The molecule has 0 aliphatic rings. The number of hydrogen-bond donors (Lipinski definition) is 3. The Morgan fingerprint density at radius 3 is 2.70 bits per heavy atom. The van der Waals surface area contributed by atoms with E-state index in [0.29, 0.717) is 44.7 Å². The molecule has 7 nitrogen and oxygen atoms in total. The molecule has 1 heterocycles. The first-order valence-corrected chi connectivity index (χ1v) is 9.07. The van der Waals surface area contributed by atoms with Crippen molar-refractivity contribution in [1.82, 2.24) is 20.6 Å². The van der Waals surface area contributed by atoms with E-state index in [-0.39, 0.29) is 5.95 Å². The molecule has 0 aliphatic heterocycles. The van der Waals surface area contributed by atoms with E-state index in [0.717, 1.165) is 25.3 Å². The Morgan fingerprint density at radius 2 is 2.04 bits per heavy atom. The van der Waals surface area contributed by atoms with E-state index in [1.54, 1.807) is 0 Å². The molecule has 0 aromatic carbocycles. The third-order valence-corrected chi connectivity index (χ3v) is 3.16. The second-order valence-electron chi connectivity index (χ2n) is 6.20. The minimum absolute atomic E-state index is 0.0594. The Labute approximate surface area is 158 Å². The van der Waals surface area contributed by atoms with Crippen molar-refractivity contribution in [3.8, 4) is 0 Å². The SMILES string of the molecule is CCNC(=NCCCOCC(C)C)NCCNc1nccc(C(F)(F)F)n1. The van der Waals surface area contributed by atoms with Crippen LogP contribution in [0.3, 0.4) is 0 Å². The number of halogens is 3. The van der Waals surface area contributed by atoms with Crippen LogP contribution in [0, 0.1) is 5.92 Å². The Kier molecular flexibility index (Phi) is 10.5. The number of guanidine groups is 1. The number of aliphatic imine (C=N–C) groups is 1. The van der Waals surface area contributed by atoms with Gasteiger partial charge in [0.05, 0.1) is 0 Å². The maximum Gasteiger partial charge on any atom is 0.433 e.